The lowest BCUT2D eigenvalue weighted by Gasteiger charge is -2.44. The van der Waals surface area contributed by atoms with E-state index in [9.17, 15) is 18.3 Å². The van der Waals surface area contributed by atoms with Crippen LogP contribution in [0.3, 0.4) is 0 Å². The lowest BCUT2D eigenvalue weighted by molar-refractivity contribution is -0.142. The van der Waals surface area contributed by atoms with E-state index in [1.807, 2.05) is 0 Å². The minimum absolute atomic E-state index is 0.0462. The Bertz CT molecular complexity index is 568. The standard InChI is InChI=1S/C17H31N3O4S/c21-16(22)15-7-6-12-20(13-15)25(23,24)18-14-17(8-2-3-9-17)19-10-4-1-5-11-19/h15,18H,1-14H2,(H,21,22). The van der Waals surface area contributed by atoms with E-state index in [0.29, 0.717) is 25.9 Å². The van der Waals surface area contributed by atoms with E-state index >= 15 is 0 Å². The first-order chi connectivity index (χ1) is 11.9. The fourth-order valence-electron chi connectivity index (χ4n) is 4.69. The summed E-state index contributed by atoms with van der Waals surface area (Å²) in [4.78, 5) is 13.7. The third kappa shape index (κ3) is 4.35. The number of carboxylic acids is 1. The van der Waals surface area contributed by atoms with Crippen LogP contribution in [0.5, 0.6) is 0 Å². The van der Waals surface area contributed by atoms with E-state index in [1.165, 1.54) is 23.6 Å². The Morgan fingerprint density at radius 2 is 1.72 bits per heavy atom. The second kappa shape index (κ2) is 7.90. The largest absolute Gasteiger partial charge is 0.481 e. The summed E-state index contributed by atoms with van der Waals surface area (Å²) in [5.74, 6) is -1.49. The Hall–Kier alpha value is -0.700. The van der Waals surface area contributed by atoms with Gasteiger partial charge < -0.3 is 5.11 Å². The van der Waals surface area contributed by atoms with Crippen LogP contribution < -0.4 is 4.72 Å². The van der Waals surface area contributed by atoms with Crippen molar-refractivity contribution in [2.45, 2.75) is 63.3 Å². The molecule has 0 aromatic heterocycles. The van der Waals surface area contributed by atoms with Crippen LogP contribution in [0.25, 0.3) is 0 Å². The summed E-state index contributed by atoms with van der Waals surface area (Å²) in [6.07, 6.45) is 9.23. The van der Waals surface area contributed by atoms with Gasteiger partial charge in [-0.1, -0.05) is 19.3 Å². The molecule has 0 amide bonds. The summed E-state index contributed by atoms with van der Waals surface area (Å²) >= 11 is 0. The zero-order chi connectivity index (χ0) is 17.9. The molecule has 1 aliphatic carbocycles. The molecule has 3 fully saturated rings. The first kappa shape index (κ1) is 19.1. The highest BCUT2D eigenvalue weighted by Gasteiger charge is 2.41. The molecule has 7 nitrogen and oxygen atoms in total. The number of aliphatic carboxylic acids is 1. The number of hydrogen-bond acceptors (Lipinski definition) is 4. The fraction of sp³-hybridized carbons (Fsp3) is 0.941. The molecule has 2 heterocycles. The fourth-order valence-corrected chi connectivity index (χ4v) is 6.06. The molecule has 25 heavy (non-hydrogen) atoms. The number of piperidine rings is 2. The second-order valence-corrected chi connectivity index (χ2v) is 9.60. The van der Waals surface area contributed by atoms with Gasteiger partial charge >= 0.3 is 5.97 Å². The summed E-state index contributed by atoms with van der Waals surface area (Å²) in [6.45, 7) is 3.07. The molecule has 3 rings (SSSR count). The molecule has 1 saturated carbocycles. The van der Waals surface area contributed by atoms with E-state index < -0.39 is 22.1 Å². The molecule has 2 N–H and O–H groups in total. The average Bonchev–Trinajstić information content (AvgIpc) is 3.11. The number of carboxylic acid groups (broad SMARTS) is 1. The van der Waals surface area contributed by atoms with Gasteiger partial charge in [-0.05, 0) is 51.6 Å². The number of carbonyl (C=O) groups is 1. The van der Waals surface area contributed by atoms with E-state index in [4.69, 9.17) is 0 Å². The second-order valence-electron chi connectivity index (χ2n) is 7.84. The lowest BCUT2D eigenvalue weighted by atomic mass is 9.92. The van der Waals surface area contributed by atoms with Crippen molar-refractivity contribution >= 4 is 16.2 Å². The Balaban J connectivity index is 1.64. The highest BCUT2D eigenvalue weighted by molar-refractivity contribution is 7.87. The molecular weight excluding hydrogens is 342 g/mol. The quantitative estimate of drug-likeness (QED) is 0.735. The summed E-state index contributed by atoms with van der Waals surface area (Å²) in [5.41, 5.74) is -0.0462. The zero-order valence-electron chi connectivity index (χ0n) is 15.0. The molecule has 2 aliphatic heterocycles. The highest BCUT2D eigenvalue weighted by Crippen LogP contribution is 2.36. The Morgan fingerprint density at radius 3 is 2.36 bits per heavy atom. The van der Waals surface area contributed by atoms with Crippen LogP contribution >= 0.6 is 0 Å². The maximum Gasteiger partial charge on any atom is 0.307 e. The van der Waals surface area contributed by atoms with Crippen LogP contribution in [0.4, 0.5) is 0 Å². The molecule has 144 valence electrons. The van der Waals surface area contributed by atoms with E-state index in [-0.39, 0.29) is 12.1 Å². The first-order valence-corrected chi connectivity index (χ1v) is 11.1. The predicted octanol–water partition coefficient (Wildman–Crippen LogP) is 1.42. The first-order valence-electron chi connectivity index (χ1n) is 9.66. The molecule has 1 unspecified atom stereocenters. The normalized spacial score (nSPS) is 28.9. The molecule has 0 aromatic rings. The lowest BCUT2D eigenvalue weighted by Crippen LogP contribution is -2.57. The van der Waals surface area contributed by atoms with Crippen LogP contribution in [-0.4, -0.2) is 67.0 Å². The van der Waals surface area contributed by atoms with Gasteiger partial charge in [0.15, 0.2) is 0 Å². The molecule has 0 spiro atoms. The number of rotatable bonds is 6. The molecular formula is C17H31N3O4S. The van der Waals surface area contributed by atoms with Gasteiger partial charge in [-0.2, -0.15) is 12.7 Å². The van der Waals surface area contributed by atoms with Gasteiger partial charge in [0.1, 0.15) is 0 Å². The van der Waals surface area contributed by atoms with E-state index in [2.05, 4.69) is 9.62 Å². The van der Waals surface area contributed by atoms with Crippen molar-refractivity contribution in [1.82, 2.24) is 13.9 Å². The van der Waals surface area contributed by atoms with Crippen LogP contribution in [0, 0.1) is 5.92 Å². The third-order valence-electron chi connectivity index (χ3n) is 6.22. The van der Waals surface area contributed by atoms with Crippen molar-refractivity contribution in [3.8, 4) is 0 Å². The molecule has 8 heteroatoms. The van der Waals surface area contributed by atoms with E-state index in [0.717, 1.165) is 38.8 Å². The number of nitrogens with zero attached hydrogens (tertiary/aromatic N) is 2. The van der Waals surface area contributed by atoms with Crippen LogP contribution in [0.2, 0.25) is 0 Å². The van der Waals surface area contributed by atoms with Gasteiger partial charge in [0, 0.05) is 25.2 Å². The number of likely N-dealkylation sites (tertiary alicyclic amines) is 1. The van der Waals surface area contributed by atoms with Crippen molar-refractivity contribution in [3.63, 3.8) is 0 Å². The third-order valence-corrected chi connectivity index (χ3v) is 7.74. The molecule has 0 bridgehead atoms. The van der Waals surface area contributed by atoms with Gasteiger partial charge in [-0.15, -0.1) is 0 Å². The molecule has 3 aliphatic rings. The number of hydrogen-bond donors (Lipinski definition) is 2. The summed E-state index contributed by atoms with van der Waals surface area (Å²) in [5, 5.41) is 9.19. The Morgan fingerprint density at radius 1 is 1.04 bits per heavy atom. The smallest absolute Gasteiger partial charge is 0.307 e. The van der Waals surface area contributed by atoms with Crippen LogP contribution in [0.15, 0.2) is 0 Å². The van der Waals surface area contributed by atoms with Crippen LogP contribution in [0.1, 0.15) is 57.8 Å². The van der Waals surface area contributed by atoms with Gasteiger partial charge in [-0.3, -0.25) is 9.69 Å². The topological polar surface area (TPSA) is 90.0 Å². The van der Waals surface area contributed by atoms with Crippen molar-refractivity contribution in [2.75, 3.05) is 32.7 Å². The molecule has 1 atom stereocenters. The van der Waals surface area contributed by atoms with Gasteiger partial charge in [0.05, 0.1) is 5.92 Å². The molecule has 0 aromatic carbocycles. The number of nitrogens with one attached hydrogen (secondary N) is 1. The predicted molar refractivity (Wildman–Crippen MR) is 95.5 cm³/mol. The highest BCUT2D eigenvalue weighted by atomic mass is 32.2. The average molecular weight is 374 g/mol. The van der Waals surface area contributed by atoms with Crippen molar-refractivity contribution in [1.29, 1.82) is 0 Å². The Labute approximate surface area is 150 Å². The zero-order valence-corrected chi connectivity index (χ0v) is 15.8. The summed E-state index contributed by atoms with van der Waals surface area (Å²) in [6, 6.07) is 0. The monoisotopic (exact) mass is 373 g/mol. The van der Waals surface area contributed by atoms with Crippen molar-refractivity contribution in [3.05, 3.63) is 0 Å². The maximum absolute atomic E-state index is 12.7. The van der Waals surface area contributed by atoms with Gasteiger partial charge in [0.25, 0.3) is 10.2 Å². The van der Waals surface area contributed by atoms with Crippen LogP contribution in [-0.2, 0) is 15.0 Å². The minimum Gasteiger partial charge on any atom is -0.481 e. The van der Waals surface area contributed by atoms with Gasteiger partial charge in [0.2, 0.25) is 0 Å². The Kier molecular flexibility index (Phi) is 6.03. The van der Waals surface area contributed by atoms with Crippen molar-refractivity contribution in [2.24, 2.45) is 5.92 Å². The molecule has 0 radical (unpaired) electrons. The van der Waals surface area contributed by atoms with E-state index in [1.54, 1.807) is 0 Å². The van der Waals surface area contributed by atoms with Gasteiger partial charge in [-0.25, -0.2) is 4.72 Å². The maximum atomic E-state index is 12.7. The SMILES string of the molecule is O=C(O)C1CCCN(S(=O)(=O)NCC2(N3CCCCC3)CCCC2)C1. The summed E-state index contributed by atoms with van der Waals surface area (Å²) in [7, 11) is -3.62. The minimum atomic E-state index is -3.62. The van der Waals surface area contributed by atoms with Crippen molar-refractivity contribution < 1.29 is 18.3 Å². The summed E-state index contributed by atoms with van der Waals surface area (Å²) < 4.78 is 29.6. The molecule has 2 saturated heterocycles.